The number of hydrogen-bond acceptors (Lipinski definition) is 6. The second kappa shape index (κ2) is 5.49. The summed E-state index contributed by atoms with van der Waals surface area (Å²) in [5, 5.41) is 13.7. The summed E-state index contributed by atoms with van der Waals surface area (Å²) in [6, 6.07) is 6.98. The molecule has 0 saturated heterocycles. The monoisotopic (exact) mass is 261 g/mol. The molecule has 1 aromatic heterocycles. The van der Waals surface area contributed by atoms with Crippen LogP contribution in [0.3, 0.4) is 0 Å². The highest BCUT2D eigenvalue weighted by Gasteiger charge is 2.12. The first-order valence-electron chi connectivity index (χ1n) is 5.77. The van der Waals surface area contributed by atoms with Gasteiger partial charge < -0.3 is 20.8 Å². The molecular formula is C12H15N5O2. The maximum atomic E-state index is 11.1. The Bertz CT molecular complexity index is 581. The second-order valence-corrected chi connectivity index (χ2v) is 4.03. The summed E-state index contributed by atoms with van der Waals surface area (Å²) in [4.78, 5) is 11.1. The number of anilines is 2. The van der Waals surface area contributed by atoms with Crippen LogP contribution in [0, 0.1) is 0 Å². The van der Waals surface area contributed by atoms with Crippen LogP contribution in [-0.4, -0.2) is 23.2 Å². The molecule has 0 aliphatic carbocycles. The molecule has 2 aromatic rings. The van der Waals surface area contributed by atoms with E-state index in [1.807, 2.05) is 6.92 Å². The van der Waals surface area contributed by atoms with Gasteiger partial charge >= 0.3 is 6.01 Å². The number of amides is 1. The molecule has 19 heavy (non-hydrogen) atoms. The summed E-state index contributed by atoms with van der Waals surface area (Å²) in [6.07, 6.45) is 0. The molecule has 0 aliphatic heterocycles. The number of carbonyl (C=O) groups excluding carboxylic acids is 1. The van der Waals surface area contributed by atoms with E-state index >= 15 is 0 Å². The molecule has 0 saturated carbocycles. The third-order valence-corrected chi connectivity index (χ3v) is 2.64. The van der Waals surface area contributed by atoms with Crippen molar-refractivity contribution < 1.29 is 9.21 Å². The number of carbonyl (C=O) groups is 1. The van der Waals surface area contributed by atoms with E-state index in [2.05, 4.69) is 20.8 Å². The van der Waals surface area contributed by atoms with Crippen LogP contribution < -0.4 is 16.4 Å². The topological polar surface area (TPSA) is 106 Å². The summed E-state index contributed by atoms with van der Waals surface area (Å²) in [7, 11) is 1.80. The molecule has 0 aliphatic rings. The van der Waals surface area contributed by atoms with Crippen LogP contribution in [0.5, 0.6) is 0 Å². The largest absolute Gasteiger partial charge is 0.406 e. The molecule has 100 valence electrons. The van der Waals surface area contributed by atoms with Gasteiger partial charge in [-0.1, -0.05) is 11.2 Å². The third-order valence-electron chi connectivity index (χ3n) is 2.64. The van der Waals surface area contributed by atoms with Gasteiger partial charge in [-0.25, -0.2) is 0 Å². The first-order valence-corrected chi connectivity index (χ1v) is 5.77. The maximum Gasteiger partial charge on any atom is 0.320 e. The van der Waals surface area contributed by atoms with Gasteiger partial charge in [0.05, 0.1) is 6.04 Å². The number of nitrogens with one attached hydrogen (secondary N) is 2. The van der Waals surface area contributed by atoms with E-state index in [1.54, 1.807) is 31.3 Å². The molecule has 7 nitrogen and oxygen atoms in total. The van der Waals surface area contributed by atoms with Crippen molar-refractivity contribution in [3.05, 3.63) is 35.7 Å². The minimum absolute atomic E-state index is 0.0278. The van der Waals surface area contributed by atoms with Gasteiger partial charge in [0.2, 0.25) is 11.8 Å². The van der Waals surface area contributed by atoms with Gasteiger partial charge in [-0.15, -0.1) is 5.10 Å². The lowest BCUT2D eigenvalue weighted by Crippen LogP contribution is -2.12. The predicted molar refractivity (Wildman–Crippen MR) is 70.0 cm³/mol. The number of nitrogens with zero attached hydrogens (tertiary/aromatic N) is 2. The Labute approximate surface area is 110 Å². The van der Waals surface area contributed by atoms with Crippen LogP contribution in [0.25, 0.3) is 0 Å². The number of aromatic nitrogens is 2. The number of benzene rings is 1. The lowest BCUT2D eigenvalue weighted by atomic mass is 10.2. The smallest absolute Gasteiger partial charge is 0.320 e. The minimum atomic E-state index is -0.487. The van der Waals surface area contributed by atoms with Crippen molar-refractivity contribution in [3.63, 3.8) is 0 Å². The highest BCUT2D eigenvalue weighted by Crippen LogP contribution is 2.18. The molecule has 1 amide bonds. The zero-order chi connectivity index (χ0) is 13.8. The lowest BCUT2D eigenvalue weighted by Gasteiger charge is -2.04. The number of rotatable bonds is 5. The second-order valence-electron chi connectivity index (χ2n) is 4.03. The zero-order valence-corrected chi connectivity index (χ0v) is 10.7. The summed E-state index contributed by atoms with van der Waals surface area (Å²) in [5.74, 6) is -0.00488. The van der Waals surface area contributed by atoms with Crippen molar-refractivity contribution in [2.45, 2.75) is 13.0 Å². The molecule has 1 aromatic carbocycles. The molecule has 0 radical (unpaired) electrons. The molecule has 0 fully saturated rings. The Morgan fingerprint density at radius 3 is 2.89 bits per heavy atom. The molecule has 1 unspecified atom stereocenters. The van der Waals surface area contributed by atoms with Gasteiger partial charge in [0.15, 0.2) is 0 Å². The highest BCUT2D eigenvalue weighted by molar-refractivity contribution is 5.93. The van der Waals surface area contributed by atoms with Gasteiger partial charge in [-0.3, -0.25) is 4.79 Å². The molecule has 7 heteroatoms. The van der Waals surface area contributed by atoms with Gasteiger partial charge in [0, 0.05) is 11.3 Å². The fourth-order valence-electron chi connectivity index (χ4n) is 1.46. The Kier molecular flexibility index (Phi) is 3.76. The van der Waals surface area contributed by atoms with E-state index in [0.29, 0.717) is 17.1 Å². The Hall–Kier alpha value is -2.41. The van der Waals surface area contributed by atoms with E-state index in [0.717, 1.165) is 0 Å². The standard InChI is InChI=1S/C12H15N5O2/c1-7(14-2)11-16-17-12(19-11)15-9-5-3-4-8(6-9)10(13)18/h3-7,14H,1-2H3,(H2,13,18)(H,15,17). The Morgan fingerprint density at radius 2 is 2.21 bits per heavy atom. The van der Waals surface area contributed by atoms with Gasteiger partial charge in [0.25, 0.3) is 0 Å². The van der Waals surface area contributed by atoms with E-state index < -0.39 is 5.91 Å². The van der Waals surface area contributed by atoms with Crippen LogP contribution in [-0.2, 0) is 0 Å². The summed E-state index contributed by atoms with van der Waals surface area (Å²) in [6.45, 7) is 1.91. The van der Waals surface area contributed by atoms with Crippen molar-refractivity contribution in [3.8, 4) is 0 Å². The lowest BCUT2D eigenvalue weighted by molar-refractivity contribution is 0.100. The SMILES string of the molecule is CNC(C)c1nnc(Nc2cccc(C(N)=O)c2)o1. The van der Waals surface area contributed by atoms with Crippen molar-refractivity contribution in [1.29, 1.82) is 0 Å². The minimum Gasteiger partial charge on any atom is -0.406 e. The molecule has 4 N–H and O–H groups in total. The highest BCUT2D eigenvalue weighted by atomic mass is 16.4. The molecule has 1 heterocycles. The fraction of sp³-hybridized carbons (Fsp3) is 0.250. The first kappa shape index (κ1) is 13.0. The summed E-state index contributed by atoms with van der Waals surface area (Å²) >= 11 is 0. The quantitative estimate of drug-likeness (QED) is 0.746. The van der Waals surface area contributed by atoms with Crippen LogP contribution >= 0.6 is 0 Å². The van der Waals surface area contributed by atoms with E-state index in [9.17, 15) is 4.79 Å². The Balaban J connectivity index is 2.15. The Morgan fingerprint density at radius 1 is 1.42 bits per heavy atom. The maximum absolute atomic E-state index is 11.1. The van der Waals surface area contributed by atoms with E-state index in [-0.39, 0.29) is 12.1 Å². The normalized spacial score (nSPS) is 12.1. The van der Waals surface area contributed by atoms with Gasteiger partial charge in [-0.05, 0) is 32.2 Å². The van der Waals surface area contributed by atoms with Crippen molar-refractivity contribution >= 4 is 17.6 Å². The zero-order valence-electron chi connectivity index (χ0n) is 10.7. The summed E-state index contributed by atoms with van der Waals surface area (Å²) < 4.78 is 5.43. The molecule has 1 atom stereocenters. The van der Waals surface area contributed by atoms with Crippen LogP contribution in [0.4, 0.5) is 11.7 Å². The van der Waals surface area contributed by atoms with Crippen LogP contribution in [0.1, 0.15) is 29.2 Å². The van der Waals surface area contributed by atoms with Crippen molar-refractivity contribution in [2.75, 3.05) is 12.4 Å². The van der Waals surface area contributed by atoms with E-state index in [1.165, 1.54) is 0 Å². The van der Waals surface area contributed by atoms with Gasteiger partial charge in [0.1, 0.15) is 0 Å². The van der Waals surface area contributed by atoms with Crippen molar-refractivity contribution in [1.82, 2.24) is 15.5 Å². The average Bonchev–Trinajstić information content (AvgIpc) is 2.86. The predicted octanol–water partition coefficient (Wildman–Crippen LogP) is 1.19. The molecular weight excluding hydrogens is 246 g/mol. The van der Waals surface area contributed by atoms with Crippen molar-refractivity contribution in [2.24, 2.45) is 5.73 Å². The van der Waals surface area contributed by atoms with Gasteiger partial charge in [-0.2, -0.15) is 0 Å². The summed E-state index contributed by atoms with van der Waals surface area (Å²) in [5.41, 5.74) is 6.28. The van der Waals surface area contributed by atoms with Crippen LogP contribution in [0.2, 0.25) is 0 Å². The van der Waals surface area contributed by atoms with Crippen LogP contribution in [0.15, 0.2) is 28.7 Å². The molecule has 0 spiro atoms. The average molecular weight is 261 g/mol. The molecule has 2 rings (SSSR count). The number of hydrogen-bond donors (Lipinski definition) is 3. The number of nitrogens with two attached hydrogens (primary N) is 1. The fourth-order valence-corrected chi connectivity index (χ4v) is 1.46. The first-order chi connectivity index (χ1) is 9.10. The third kappa shape index (κ3) is 3.08. The number of primary amides is 1. The molecule has 0 bridgehead atoms. The van der Waals surface area contributed by atoms with E-state index in [4.69, 9.17) is 10.2 Å².